The summed E-state index contributed by atoms with van der Waals surface area (Å²) in [5.74, 6) is -0.571. The van der Waals surface area contributed by atoms with Crippen LogP contribution in [-0.4, -0.2) is 20.5 Å². The van der Waals surface area contributed by atoms with Gasteiger partial charge in [0, 0.05) is 12.1 Å². The maximum Gasteiger partial charge on any atom is 0.242 e. The second-order valence-corrected chi connectivity index (χ2v) is 6.84. The number of nitrogens with two attached hydrogens (primary N) is 1. The van der Waals surface area contributed by atoms with E-state index in [0.717, 1.165) is 37.5 Å². The summed E-state index contributed by atoms with van der Waals surface area (Å²) in [6.45, 7) is 0. The number of sulfonamides is 1. The van der Waals surface area contributed by atoms with Crippen LogP contribution in [-0.2, 0) is 10.0 Å². The minimum Gasteiger partial charge on any atom is -0.326 e. The number of halogens is 2. The van der Waals surface area contributed by atoms with Gasteiger partial charge >= 0.3 is 0 Å². The zero-order valence-electron chi connectivity index (χ0n) is 10.3. The summed E-state index contributed by atoms with van der Waals surface area (Å²) in [5, 5.41) is -0.128. The van der Waals surface area contributed by atoms with Crippen LogP contribution in [0.2, 0.25) is 5.02 Å². The Bertz CT molecular complexity index is 565. The summed E-state index contributed by atoms with van der Waals surface area (Å²) in [5.41, 5.74) is 5.91. The Morgan fingerprint density at radius 2 is 2.00 bits per heavy atom. The second kappa shape index (κ2) is 5.75. The van der Waals surface area contributed by atoms with Gasteiger partial charge in [0.1, 0.15) is 10.7 Å². The normalized spacial score (nSPS) is 24.4. The lowest BCUT2D eigenvalue weighted by atomic mass is 9.92. The number of hydrogen-bond acceptors (Lipinski definition) is 3. The molecule has 1 aromatic carbocycles. The molecule has 0 heterocycles. The van der Waals surface area contributed by atoms with E-state index >= 15 is 0 Å². The second-order valence-electron chi connectivity index (χ2n) is 4.75. The number of benzene rings is 1. The molecule has 1 fully saturated rings. The predicted octanol–water partition coefficient (Wildman–Crippen LogP) is 2.03. The van der Waals surface area contributed by atoms with Crippen LogP contribution in [0, 0.1) is 5.82 Å². The summed E-state index contributed by atoms with van der Waals surface area (Å²) >= 11 is 5.78. The highest BCUT2D eigenvalue weighted by atomic mass is 35.5. The Morgan fingerprint density at radius 1 is 1.32 bits per heavy atom. The molecule has 106 valence electrons. The van der Waals surface area contributed by atoms with Crippen molar-refractivity contribution in [2.75, 3.05) is 0 Å². The standard InChI is InChI=1S/C12H16ClFN2O2S/c13-9-7-8(14)5-6-12(9)19(17,18)16-11-4-2-1-3-10(11)15/h5-7,10-11,16H,1-4,15H2. The molecule has 0 amide bonds. The number of hydrogen-bond donors (Lipinski definition) is 2. The summed E-state index contributed by atoms with van der Waals surface area (Å²) in [7, 11) is -3.77. The van der Waals surface area contributed by atoms with Crippen molar-refractivity contribution in [1.82, 2.24) is 4.72 Å². The first-order chi connectivity index (χ1) is 8.90. The van der Waals surface area contributed by atoms with Gasteiger partial charge in [-0.2, -0.15) is 0 Å². The van der Waals surface area contributed by atoms with Crippen molar-refractivity contribution in [2.24, 2.45) is 5.73 Å². The van der Waals surface area contributed by atoms with Crippen molar-refractivity contribution in [3.05, 3.63) is 29.0 Å². The van der Waals surface area contributed by atoms with Crippen molar-refractivity contribution in [2.45, 2.75) is 42.7 Å². The number of rotatable bonds is 3. The molecule has 1 aliphatic carbocycles. The SMILES string of the molecule is NC1CCCCC1NS(=O)(=O)c1ccc(F)cc1Cl. The molecule has 2 unspecified atom stereocenters. The molecule has 1 saturated carbocycles. The van der Waals surface area contributed by atoms with Crippen LogP contribution in [0.3, 0.4) is 0 Å². The molecule has 0 spiro atoms. The van der Waals surface area contributed by atoms with E-state index < -0.39 is 15.8 Å². The highest BCUT2D eigenvalue weighted by Gasteiger charge is 2.28. The van der Waals surface area contributed by atoms with Crippen molar-refractivity contribution in [3.63, 3.8) is 0 Å². The first kappa shape index (κ1) is 14.7. The Kier molecular flexibility index (Phi) is 4.45. The summed E-state index contributed by atoms with van der Waals surface area (Å²) in [6.07, 6.45) is 3.46. The van der Waals surface area contributed by atoms with E-state index in [0.29, 0.717) is 6.42 Å². The van der Waals surface area contributed by atoms with Crippen molar-refractivity contribution < 1.29 is 12.8 Å². The molecule has 0 aromatic heterocycles. The Morgan fingerprint density at radius 3 is 2.63 bits per heavy atom. The zero-order valence-corrected chi connectivity index (χ0v) is 11.8. The molecular weight excluding hydrogens is 291 g/mol. The molecule has 3 N–H and O–H groups in total. The van der Waals surface area contributed by atoms with Crippen LogP contribution in [0.5, 0.6) is 0 Å². The smallest absolute Gasteiger partial charge is 0.242 e. The van der Waals surface area contributed by atoms with Gasteiger partial charge in [0.05, 0.1) is 5.02 Å². The molecule has 0 aliphatic heterocycles. The molecule has 0 bridgehead atoms. The average Bonchev–Trinajstić information content (AvgIpc) is 2.31. The summed E-state index contributed by atoms with van der Waals surface area (Å²) < 4.78 is 39.9. The third kappa shape index (κ3) is 3.45. The van der Waals surface area contributed by atoms with Crippen LogP contribution in [0.1, 0.15) is 25.7 Å². The van der Waals surface area contributed by atoms with Crippen LogP contribution < -0.4 is 10.5 Å². The van der Waals surface area contributed by atoms with Gasteiger partial charge < -0.3 is 5.73 Å². The highest BCUT2D eigenvalue weighted by Crippen LogP contribution is 2.24. The van der Waals surface area contributed by atoms with Gasteiger partial charge in [-0.05, 0) is 31.0 Å². The van der Waals surface area contributed by atoms with Gasteiger partial charge in [0.2, 0.25) is 10.0 Å². The minimum absolute atomic E-state index is 0.117. The molecule has 0 saturated heterocycles. The van der Waals surface area contributed by atoms with Crippen LogP contribution in [0.25, 0.3) is 0 Å². The summed E-state index contributed by atoms with van der Waals surface area (Å²) in [6, 6.07) is 2.73. The van der Waals surface area contributed by atoms with Gasteiger partial charge in [0.15, 0.2) is 0 Å². The predicted molar refractivity (Wildman–Crippen MR) is 72.0 cm³/mol. The fourth-order valence-corrected chi connectivity index (χ4v) is 4.11. The quantitative estimate of drug-likeness (QED) is 0.897. The van der Waals surface area contributed by atoms with Crippen LogP contribution in [0.15, 0.2) is 23.1 Å². The van der Waals surface area contributed by atoms with E-state index in [-0.39, 0.29) is 22.0 Å². The summed E-state index contributed by atoms with van der Waals surface area (Å²) in [4.78, 5) is -0.117. The van der Waals surface area contributed by atoms with E-state index in [4.69, 9.17) is 17.3 Å². The van der Waals surface area contributed by atoms with E-state index in [1.165, 1.54) is 0 Å². The first-order valence-corrected chi connectivity index (χ1v) is 7.99. The Hall–Kier alpha value is -0.690. The Labute approximate surface area is 117 Å². The third-order valence-corrected chi connectivity index (χ3v) is 5.28. The monoisotopic (exact) mass is 306 g/mol. The highest BCUT2D eigenvalue weighted by molar-refractivity contribution is 7.89. The van der Waals surface area contributed by atoms with E-state index in [1.807, 2.05) is 0 Å². The van der Waals surface area contributed by atoms with E-state index in [2.05, 4.69) is 4.72 Å². The van der Waals surface area contributed by atoms with E-state index in [1.54, 1.807) is 0 Å². The fraction of sp³-hybridized carbons (Fsp3) is 0.500. The van der Waals surface area contributed by atoms with Crippen molar-refractivity contribution >= 4 is 21.6 Å². The third-order valence-electron chi connectivity index (χ3n) is 3.31. The van der Waals surface area contributed by atoms with Crippen LogP contribution >= 0.6 is 11.6 Å². The van der Waals surface area contributed by atoms with Crippen LogP contribution in [0.4, 0.5) is 4.39 Å². The average molecular weight is 307 g/mol. The van der Waals surface area contributed by atoms with E-state index in [9.17, 15) is 12.8 Å². The zero-order chi connectivity index (χ0) is 14.0. The molecule has 1 aliphatic rings. The largest absolute Gasteiger partial charge is 0.326 e. The maximum absolute atomic E-state index is 12.9. The van der Waals surface area contributed by atoms with Gasteiger partial charge in [-0.1, -0.05) is 24.4 Å². The molecule has 0 radical (unpaired) electrons. The fourth-order valence-electron chi connectivity index (χ4n) is 2.26. The maximum atomic E-state index is 12.9. The van der Waals surface area contributed by atoms with Gasteiger partial charge in [-0.25, -0.2) is 17.5 Å². The molecular formula is C12H16ClFN2O2S. The lowest BCUT2D eigenvalue weighted by molar-refractivity contribution is 0.361. The molecule has 19 heavy (non-hydrogen) atoms. The molecule has 1 aromatic rings. The molecule has 4 nitrogen and oxygen atoms in total. The van der Waals surface area contributed by atoms with Gasteiger partial charge in [-0.3, -0.25) is 0 Å². The van der Waals surface area contributed by atoms with Gasteiger partial charge in [0.25, 0.3) is 0 Å². The topological polar surface area (TPSA) is 72.2 Å². The lowest BCUT2D eigenvalue weighted by Crippen LogP contribution is -2.49. The lowest BCUT2D eigenvalue weighted by Gasteiger charge is -2.29. The Balaban J connectivity index is 2.22. The molecule has 2 rings (SSSR count). The van der Waals surface area contributed by atoms with Crippen molar-refractivity contribution in [3.8, 4) is 0 Å². The molecule has 7 heteroatoms. The van der Waals surface area contributed by atoms with Gasteiger partial charge in [-0.15, -0.1) is 0 Å². The minimum atomic E-state index is -3.77. The number of nitrogens with one attached hydrogen (secondary N) is 1. The molecule has 2 atom stereocenters. The van der Waals surface area contributed by atoms with Crippen molar-refractivity contribution in [1.29, 1.82) is 0 Å². The first-order valence-electron chi connectivity index (χ1n) is 6.13.